The Morgan fingerprint density at radius 2 is 1.82 bits per heavy atom. The van der Waals surface area contributed by atoms with Gasteiger partial charge in [-0.1, -0.05) is 63.3 Å². The van der Waals surface area contributed by atoms with Crippen molar-refractivity contribution in [1.29, 1.82) is 0 Å². The molecule has 0 bridgehead atoms. The van der Waals surface area contributed by atoms with Crippen molar-refractivity contribution < 1.29 is 0 Å². The van der Waals surface area contributed by atoms with Crippen LogP contribution in [-0.4, -0.2) is 18.7 Å². The number of rotatable bonds is 6. The van der Waals surface area contributed by atoms with Crippen molar-refractivity contribution in [2.75, 3.05) is 5.75 Å². The van der Waals surface area contributed by atoms with Gasteiger partial charge in [0.2, 0.25) is 0 Å². The molecule has 0 amide bonds. The second kappa shape index (κ2) is 7.40. The summed E-state index contributed by atoms with van der Waals surface area (Å²) in [5, 5.41) is 0. The summed E-state index contributed by atoms with van der Waals surface area (Å²) >= 11 is 2.08. The van der Waals surface area contributed by atoms with Gasteiger partial charge >= 0.3 is 0 Å². The lowest BCUT2D eigenvalue weighted by molar-refractivity contribution is 0.898. The molecule has 0 aromatic heterocycles. The predicted octanol–water partition coefficient (Wildman–Crippen LogP) is 5.48. The first kappa shape index (κ1) is 15.0. The summed E-state index contributed by atoms with van der Waals surface area (Å²) in [5.74, 6) is 1.29. The first-order chi connectivity index (χ1) is 8.05. The van der Waals surface area contributed by atoms with Gasteiger partial charge < -0.3 is 0 Å². The summed E-state index contributed by atoms with van der Waals surface area (Å²) in [6, 6.07) is 10.9. The molecule has 94 valence electrons. The van der Waals surface area contributed by atoms with Gasteiger partial charge in [0.1, 0.15) is 0 Å². The van der Waals surface area contributed by atoms with Crippen LogP contribution in [0.25, 0.3) is 0 Å². The Kier molecular flexibility index (Phi) is 6.54. The van der Waals surface area contributed by atoms with E-state index in [1.54, 1.807) is 4.92 Å². The zero-order valence-electron chi connectivity index (χ0n) is 11.4. The van der Waals surface area contributed by atoms with E-state index in [2.05, 4.69) is 68.3 Å². The van der Waals surface area contributed by atoms with Crippen molar-refractivity contribution in [2.45, 2.75) is 39.4 Å². The molecule has 17 heavy (non-hydrogen) atoms. The molecule has 0 heterocycles. The Morgan fingerprint density at radius 1 is 1.18 bits per heavy atom. The molecule has 0 fully saturated rings. The summed E-state index contributed by atoms with van der Waals surface area (Å²) in [6.45, 7) is 9.60. The Labute approximate surface area is 113 Å². The lowest BCUT2D eigenvalue weighted by Gasteiger charge is -2.20. The van der Waals surface area contributed by atoms with Crippen molar-refractivity contribution in [3.8, 4) is 0 Å². The molecular weight excluding hydrogens is 259 g/mol. The van der Waals surface area contributed by atoms with Crippen molar-refractivity contribution >= 4 is 31.8 Å². The Bertz CT molecular complexity index is 354. The third-order valence-corrected chi connectivity index (χ3v) is 9.57. The molecule has 0 atom stereocenters. The summed E-state index contributed by atoms with van der Waals surface area (Å²) in [6.07, 6.45) is 2.64. The lowest BCUT2D eigenvalue weighted by atomic mass is 10.2. The van der Waals surface area contributed by atoms with E-state index in [1.165, 1.54) is 31.6 Å². The SMILES string of the molecule is CCCCSP=C(c1ccccc1)[Si](C)(C)C. The van der Waals surface area contributed by atoms with Gasteiger partial charge in [-0.2, -0.15) is 0 Å². The summed E-state index contributed by atoms with van der Waals surface area (Å²) in [7, 11) is 0.283. The van der Waals surface area contributed by atoms with Crippen molar-refractivity contribution in [3.63, 3.8) is 0 Å². The van der Waals surface area contributed by atoms with Crippen LogP contribution in [0.3, 0.4) is 0 Å². The predicted molar refractivity (Wildman–Crippen MR) is 88.2 cm³/mol. The van der Waals surface area contributed by atoms with Gasteiger partial charge in [-0.25, -0.2) is 0 Å². The smallest absolute Gasteiger partial charge is 0.0849 e. The molecule has 0 saturated heterocycles. The van der Waals surface area contributed by atoms with E-state index in [4.69, 9.17) is 0 Å². The molecule has 1 aromatic rings. The van der Waals surface area contributed by atoms with Crippen LogP contribution in [0.5, 0.6) is 0 Å². The van der Waals surface area contributed by atoms with Crippen LogP contribution in [0.2, 0.25) is 19.6 Å². The maximum atomic E-state index is 2.45. The van der Waals surface area contributed by atoms with Gasteiger partial charge in [-0.05, 0) is 24.3 Å². The van der Waals surface area contributed by atoms with E-state index in [0.717, 1.165) is 0 Å². The van der Waals surface area contributed by atoms with Gasteiger partial charge in [-0.3, -0.25) is 0 Å². The Balaban J connectivity index is 2.82. The highest BCUT2D eigenvalue weighted by Gasteiger charge is 2.21. The molecule has 1 rings (SSSR count). The van der Waals surface area contributed by atoms with Crippen LogP contribution in [0.1, 0.15) is 25.3 Å². The maximum Gasteiger partial charge on any atom is 0.0849 e. The van der Waals surface area contributed by atoms with E-state index in [0.29, 0.717) is 0 Å². The molecule has 0 nitrogen and oxygen atoms in total. The molecular formula is C14H23PSSi. The second-order valence-electron chi connectivity index (χ2n) is 5.24. The number of hydrogen-bond donors (Lipinski definition) is 0. The minimum absolute atomic E-state index is 1.20. The third-order valence-electron chi connectivity index (χ3n) is 2.50. The molecule has 0 saturated carbocycles. The molecule has 0 N–H and O–H groups in total. The highest BCUT2D eigenvalue weighted by molar-refractivity contribution is 8.49. The summed E-state index contributed by atoms with van der Waals surface area (Å²) in [5.41, 5.74) is 1.46. The summed E-state index contributed by atoms with van der Waals surface area (Å²) in [4.78, 5) is 1.68. The first-order valence-corrected chi connectivity index (χ1v) is 12.3. The Hall–Kier alpha value is -0.0431. The lowest BCUT2D eigenvalue weighted by Crippen LogP contribution is -2.32. The minimum atomic E-state index is -1.20. The normalized spacial score (nSPS) is 12.8. The van der Waals surface area contributed by atoms with Gasteiger partial charge in [0.25, 0.3) is 0 Å². The molecule has 0 radical (unpaired) electrons. The fourth-order valence-corrected chi connectivity index (χ4v) is 8.97. The van der Waals surface area contributed by atoms with Crippen molar-refractivity contribution in [2.24, 2.45) is 0 Å². The van der Waals surface area contributed by atoms with Crippen LogP contribution in [0.15, 0.2) is 30.3 Å². The second-order valence-corrected chi connectivity index (χ2v) is 13.3. The fourth-order valence-electron chi connectivity index (χ4n) is 1.54. The van der Waals surface area contributed by atoms with E-state index < -0.39 is 8.07 Å². The molecule has 0 spiro atoms. The van der Waals surface area contributed by atoms with E-state index >= 15 is 0 Å². The zero-order valence-corrected chi connectivity index (χ0v) is 14.1. The molecule has 0 aliphatic carbocycles. The zero-order chi connectivity index (χ0) is 12.7. The standard InChI is InChI=1S/C14H23PSSi/c1-5-6-12-16-15-14(17(2,3)4)13-10-8-7-9-11-13/h7-11H,5-6,12H2,1-4H3. The van der Waals surface area contributed by atoms with Crippen LogP contribution in [-0.2, 0) is 0 Å². The minimum Gasteiger partial charge on any atom is -0.102 e. The highest BCUT2D eigenvalue weighted by atomic mass is 32.7. The molecule has 1 aromatic carbocycles. The molecule has 0 unspecified atom stereocenters. The van der Waals surface area contributed by atoms with Crippen molar-refractivity contribution in [1.82, 2.24) is 0 Å². The van der Waals surface area contributed by atoms with Crippen LogP contribution < -0.4 is 0 Å². The summed E-state index contributed by atoms with van der Waals surface area (Å²) < 4.78 is 0. The fraction of sp³-hybridized carbons (Fsp3) is 0.500. The molecule has 0 aliphatic heterocycles. The maximum absolute atomic E-state index is 2.45. The number of unbranched alkanes of at least 4 members (excludes halogenated alkanes) is 1. The van der Waals surface area contributed by atoms with E-state index in [-0.39, 0.29) is 0 Å². The van der Waals surface area contributed by atoms with Crippen LogP contribution in [0, 0.1) is 0 Å². The molecule has 0 aliphatic rings. The average molecular weight is 282 g/mol. The van der Waals surface area contributed by atoms with Gasteiger partial charge in [0.05, 0.1) is 8.07 Å². The third kappa shape index (κ3) is 5.42. The van der Waals surface area contributed by atoms with Gasteiger partial charge in [0, 0.05) is 5.75 Å². The van der Waals surface area contributed by atoms with E-state index in [1.807, 2.05) is 0 Å². The Morgan fingerprint density at radius 3 is 2.35 bits per heavy atom. The molecule has 3 heteroatoms. The van der Waals surface area contributed by atoms with Crippen LogP contribution in [0.4, 0.5) is 0 Å². The first-order valence-electron chi connectivity index (χ1n) is 6.31. The number of hydrogen-bond acceptors (Lipinski definition) is 1. The van der Waals surface area contributed by atoms with Gasteiger partial charge in [0.15, 0.2) is 0 Å². The van der Waals surface area contributed by atoms with Gasteiger partial charge in [-0.15, -0.1) is 11.4 Å². The number of benzene rings is 1. The monoisotopic (exact) mass is 282 g/mol. The van der Waals surface area contributed by atoms with E-state index in [9.17, 15) is 0 Å². The van der Waals surface area contributed by atoms with Crippen LogP contribution >= 0.6 is 18.8 Å². The largest absolute Gasteiger partial charge is 0.102 e. The topological polar surface area (TPSA) is 0 Å². The quantitative estimate of drug-likeness (QED) is 0.378. The average Bonchev–Trinajstić information content (AvgIpc) is 2.28. The highest BCUT2D eigenvalue weighted by Crippen LogP contribution is 2.29. The van der Waals surface area contributed by atoms with Crippen molar-refractivity contribution in [3.05, 3.63) is 35.9 Å².